The number of nitrogens with one attached hydrogen (secondary N) is 1. The van der Waals surface area contributed by atoms with Gasteiger partial charge in [-0.15, -0.1) is 0 Å². The monoisotopic (exact) mass is 271 g/mol. The van der Waals surface area contributed by atoms with E-state index < -0.39 is 0 Å². The van der Waals surface area contributed by atoms with Crippen LogP contribution in [0.3, 0.4) is 0 Å². The first-order chi connectivity index (χ1) is 9.67. The van der Waals surface area contributed by atoms with Gasteiger partial charge in [0.1, 0.15) is 5.82 Å². The summed E-state index contributed by atoms with van der Waals surface area (Å²) in [5.74, 6) is 1.17. The highest BCUT2D eigenvalue weighted by Crippen LogP contribution is 2.27. The molecule has 0 aliphatic carbocycles. The minimum atomic E-state index is 0.292. The number of likely N-dealkylation sites (N-methyl/N-ethyl adjacent to an activating group) is 1. The molecule has 20 heavy (non-hydrogen) atoms. The van der Waals surface area contributed by atoms with E-state index in [4.69, 9.17) is 0 Å². The second-order valence-corrected chi connectivity index (χ2v) is 5.42. The fourth-order valence-electron chi connectivity index (χ4n) is 2.75. The van der Waals surface area contributed by atoms with Crippen molar-refractivity contribution in [3.63, 3.8) is 0 Å². The topological polar surface area (TPSA) is 29.9 Å². The van der Waals surface area contributed by atoms with E-state index in [0.29, 0.717) is 12.1 Å². The molecule has 0 saturated heterocycles. The number of benzene rings is 1. The molecule has 0 aliphatic rings. The van der Waals surface area contributed by atoms with Crippen LogP contribution in [-0.2, 0) is 6.42 Å². The second-order valence-electron chi connectivity index (χ2n) is 5.42. The standard InChI is InChI=1S/C17H25N3/c1-5-6-16-19-11-12-20(16)14(3)17(18-4)15-9-7-13(2)8-10-15/h7-12,14,17-18H,5-6H2,1-4H3. The molecule has 0 radical (unpaired) electrons. The van der Waals surface area contributed by atoms with Crippen LogP contribution >= 0.6 is 0 Å². The third-order valence-corrected chi connectivity index (χ3v) is 3.89. The highest BCUT2D eigenvalue weighted by atomic mass is 15.1. The average Bonchev–Trinajstić information content (AvgIpc) is 2.90. The average molecular weight is 271 g/mol. The van der Waals surface area contributed by atoms with Crippen LogP contribution < -0.4 is 5.32 Å². The van der Waals surface area contributed by atoms with Gasteiger partial charge in [-0.3, -0.25) is 0 Å². The van der Waals surface area contributed by atoms with Crippen LogP contribution in [0.4, 0.5) is 0 Å². The van der Waals surface area contributed by atoms with Crippen molar-refractivity contribution in [2.75, 3.05) is 7.05 Å². The van der Waals surface area contributed by atoms with Crippen LogP contribution in [0.15, 0.2) is 36.7 Å². The first kappa shape index (κ1) is 14.8. The maximum Gasteiger partial charge on any atom is 0.108 e. The number of rotatable bonds is 6. The summed E-state index contributed by atoms with van der Waals surface area (Å²) in [6, 6.07) is 9.40. The van der Waals surface area contributed by atoms with Crippen LogP contribution in [-0.4, -0.2) is 16.6 Å². The van der Waals surface area contributed by atoms with Gasteiger partial charge in [0.2, 0.25) is 0 Å². The van der Waals surface area contributed by atoms with Gasteiger partial charge >= 0.3 is 0 Å². The summed E-state index contributed by atoms with van der Waals surface area (Å²) in [4.78, 5) is 4.49. The number of aromatic nitrogens is 2. The van der Waals surface area contributed by atoms with Crippen molar-refractivity contribution < 1.29 is 0 Å². The number of aryl methyl sites for hydroxylation is 2. The van der Waals surface area contributed by atoms with E-state index in [1.807, 2.05) is 13.2 Å². The molecule has 0 amide bonds. The highest BCUT2D eigenvalue weighted by molar-refractivity contribution is 5.25. The molecule has 0 fully saturated rings. The number of nitrogens with zero attached hydrogens (tertiary/aromatic N) is 2. The Labute approximate surface area is 122 Å². The van der Waals surface area contributed by atoms with Gasteiger partial charge in [0.25, 0.3) is 0 Å². The zero-order valence-electron chi connectivity index (χ0n) is 12.9. The Morgan fingerprint density at radius 2 is 1.95 bits per heavy atom. The molecule has 0 bridgehead atoms. The van der Waals surface area contributed by atoms with Crippen LogP contribution in [0, 0.1) is 6.92 Å². The summed E-state index contributed by atoms with van der Waals surface area (Å²) in [5.41, 5.74) is 2.62. The molecule has 1 heterocycles. The Morgan fingerprint density at radius 1 is 1.25 bits per heavy atom. The molecule has 2 unspecified atom stereocenters. The van der Waals surface area contributed by atoms with Crippen LogP contribution in [0.25, 0.3) is 0 Å². The lowest BCUT2D eigenvalue weighted by Crippen LogP contribution is -2.26. The minimum absolute atomic E-state index is 0.292. The maximum absolute atomic E-state index is 4.49. The first-order valence-corrected chi connectivity index (χ1v) is 7.43. The summed E-state index contributed by atoms with van der Waals surface area (Å²) >= 11 is 0. The minimum Gasteiger partial charge on any atom is -0.330 e. The van der Waals surface area contributed by atoms with Crippen molar-refractivity contribution in [3.8, 4) is 0 Å². The van der Waals surface area contributed by atoms with Crippen molar-refractivity contribution in [3.05, 3.63) is 53.6 Å². The SMILES string of the molecule is CCCc1nccn1C(C)C(NC)c1ccc(C)cc1. The first-order valence-electron chi connectivity index (χ1n) is 7.43. The Bertz CT molecular complexity index is 527. The largest absolute Gasteiger partial charge is 0.330 e. The van der Waals surface area contributed by atoms with Gasteiger partial charge < -0.3 is 9.88 Å². The Kier molecular flexibility index (Phi) is 4.96. The molecule has 108 valence electrons. The van der Waals surface area contributed by atoms with E-state index >= 15 is 0 Å². The van der Waals surface area contributed by atoms with Crippen molar-refractivity contribution >= 4 is 0 Å². The normalized spacial score (nSPS) is 14.2. The van der Waals surface area contributed by atoms with E-state index in [9.17, 15) is 0 Å². The Morgan fingerprint density at radius 3 is 2.55 bits per heavy atom. The molecule has 2 rings (SSSR count). The summed E-state index contributed by atoms with van der Waals surface area (Å²) in [6.45, 7) is 6.57. The smallest absolute Gasteiger partial charge is 0.108 e. The van der Waals surface area contributed by atoms with Gasteiger partial charge in [-0.1, -0.05) is 36.8 Å². The molecule has 1 N–H and O–H groups in total. The van der Waals surface area contributed by atoms with Crippen molar-refractivity contribution in [2.24, 2.45) is 0 Å². The van der Waals surface area contributed by atoms with E-state index in [1.165, 1.54) is 17.0 Å². The van der Waals surface area contributed by atoms with Crippen molar-refractivity contribution in [1.82, 2.24) is 14.9 Å². The van der Waals surface area contributed by atoms with Crippen LogP contribution in [0.2, 0.25) is 0 Å². The van der Waals surface area contributed by atoms with E-state index in [1.54, 1.807) is 0 Å². The molecule has 2 atom stereocenters. The third kappa shape index (κ3) is 3.10. The summed E-state index contributed by atoms with van der Waals surface area (Å²) in [6.07, 6.45) is 6.15. The zero-order chi connectivity index (χ0) is 14.5. The molecule has 0 aliphatic heterocycles. The van der Waals surface area contributed by atoms with Gasteiger partial charge in [0.05, 0.1) is 12.1 Å². The van der Waals surface area contributed by atoms with Gasteiger partial charge in [0.15, 0.2) is 0 Å². The van der Waals surface area contributed by atoms with Crippen LogP contribution in [0.1, 0.15) is 49.3 Å². The van der Waals surface area contributed by atoms with Gasteiger partial charge in [-0.05, 0) is 32.9 Å². The van der Waals surface area contributed by atoms with E-state index in [0.717, 1.165) is 12.8 Å². The third-order valence-electron chi connectivity index (χ3n) is 3.89. The summed E-state index contributed by atoms with van der Waals surface area (Å²) < 4.78 is 2.30. The second kappa shape index (κ2) is 6.71. The molecule has 0 spiro atoms. The number of hydrogen-bond acceptors (Lipinski definition) is 2. The zero-order valence-corrected chi connectivity index (χ0v) is 12.9. The molecule has 3 heteroatoms. The molecular weight excluding hydrogens is 246 g/mol. The van der Waals surface area contributed by atoms with E-state index in [-0.39, 0.29) is 0 Å². The fraction of sp³-hybridized carbons (Fsp3) is 0.471. The molecule has 3 nitrogen and oxygen atoms in total. The summed E-state index contributed by atoms with van der Waals surface area (Å²) in [7, 11) is 2.03. The number of imidazole rings is 1. The lowest BCUT2D eigenvalue weighted by molar-refractivity contribution is 0.390. The highest BCUT2D eigenvalue weighted by Gasteiger charge is 2.20. The lowest BCUT2D eigenvalue weighted by Gasteiger charge is -2.26. The lowest BCUT2D eigenvalue weighted by atomic mass is 9.99. The van der Waals surface area contributed by atoms with Crippen molar-refractivity contribution in [1.29, 1.82) is 0 Å². The van der Waals surface area contributed by atoms with Gasteiger partial charge in [0, 0.05) is 18.8 Å². The van der Waals surface area contributed by atoms with Gasteiger partial charge in [-0.2, -0.15) is 0 Å². The van der Waals surface area contributed by atoms with E-state index in [2.05, 4.69) is 66.1 Å². The van der Waals surface area contributed by atoms with Crippen LogP contribution in [0.5, 0.6) is 0 Å². The molecule has 1 aromatic heterocycles. The maximum atomic E-state index is 4.49. The van der Waals surface area contributed by atoms with Gasteiger partial charge in [-0.25, -0.2) is 4.98 Å². The fourth-order valence-corrected chi connectivity index (χ4v) is 2.75. The number of hydrogen-bond donors (Lipinski definition) is 1. The molecule has 0 saturated carbocycles. The quantitative estimate of drug-likeness (QED) is 0.869. The molecule has 1 aromatic carbocycles. The molecular formula is C17H25N3. The summed E-state index contributed by atoms with van der Waals surface area (Å²) in [5, 5.41) is 3.45. The predicted octanol–water partition coefficient (Wildman–Crippen LogP) is 3.67. The van der Waals surface area contributed by atoms with Crippen molar-refractivity contribution in [2.45, 2.75) is 45.7 Å². The Balaban J connectivity index is 2.26. The Hall–Kier alpha value is -1.61. The molecule has 2 aromatic rings. The predicted molar refractivity (Wildman–Crippen MR) is 83.9 cm³/mol.